The molecule has 2 aromatic heterocycles. The van der Waals surface area contributed by atoms with Crippen molar-refractivity contribution >= 4 is 37.6 Å². The van der Waals surface area contributed by atoms with Gasteiger partial charge in [0.05, 0.1) is 29.6 Å². The lowest BCUT2D eigenvalue weighted by Crippen LogP contribution is -2.36. The third kappa shape index (κ3) is 1.86. The Morgan fingerprint density at radius 3 is 2.84 bits per heavy atom. The van der Waals surface area contributed by atoms with Gasteiger partial charge in [-0.1, -0.05) is 29.5 Å². The van der Waals surface area contributed by atoms with Crippen LogP contribution in [0.3, 0.4) is 0 Å². The predicted octanol–water partition coefficient (Wildman–Crippen LogP) is 2.68. The molecule has 0 saturated carbocycles. The number of anilines is 1. The molecular weight excluding hydrogens is 258 g/mol. The second-order valence-corrected chi connectivity index (χ2v) is 5.56. The lowest BCUT2D eigenvalue weighted by Gasteiger charge is -2.25. The average Bonchev–Trinajstić information content (AvgIpc) is 2.93. The van der Waals surface area contributed by atoms with Gasteiger partial charge in [-0.3, -0.25) is 4.98 Å². The van der Waals surface area contributed by atoms with Crippen molar-refractivity contribution in [2.75, 3.05) is 31.2 Å². The van der Waals surface area contributed by atoms with E-state index >= 15 is 0 Å². The van der Waals surface area contributed by atoms with Crippen LogP contribution in [0.15, 0.2) is 30.5 Å². The van der Waals surface area contributed by atoms with E-state index < -0.39 is 0 Å². The van der Waals surface area contributed by atoms with Gasteiger partial charge in [-0.25, -0.2) is 4.98 Å². The highest BCUT2D eigenvalue weighted by atomic mass is 32.1. The average molecular weight is 271 g/mol. The van der Waals surface area contributed by atoms with Crippen LogP contribution < -0.4 is 4.90 Å². The monoisotopic (exact) mass is 271 g/mol. The second-order valence-electron chi connectivity index (χ2n) is 4.59. The highest BCUT2D eigenvalue weighted by Crippen LogP contribution is 2.33. The molecule has 0 unspecified atom stereocenters. The van der Waals surface area contributed by atoms with Crippen LogP contribution in [0, 0.1) is 0 Å². The zero-order valence-corrected chi connectivity index (χ0v) is 11.2. The van der Waals surface area contributed by atoms with Crippen molar-refractivity contribution in [3.63, 3.8) is 0 Å². The number of para-hydroxylation sites is 1. The number of hydrogen-bond donors (Lipinski definition) is 0. The van der Waals surface area contributed by atoms with Crippen molar-refractivity contribution in [3.8, 4) is 0 Å². The van der Waals surface area contributed by atoms with Crippen LogP contribution in [0.2, 0.25) is 0 Å². The minimum Gasteiger partial charge on any atom is -0.378 e. The Hall–Kier alpha value is -1.72. The number of benzene rings is 1. The first-order valence-electron chi connectivity index (χ1n) is 6.39. The van der Waals surface area contributed by atoms with E-state index in [0.29, 0.717) is 0 Å². The number of hydrogen-bond acceptors (Lipinski definition) is 5. The molecule has 3 aromatic rings. The quantitative estimate of drug-likeness (QED) is 0.682. The summed E-state index contributed by atoms with van der Waals surface area (Å²) in [5, 5.41) is 2.27. The molecule has 19 heavy (non-hydrogen) atoms. The van der Waals surface area contributed by atoms with E-state index in [1.165, 1.54) is 10.1 Å². The minimum absolute atomic E-state index is 0.787. The number of aromatic nitrogens is 2. The Morgan fingerprint density at radius 1 is 1.11 bits per heavy atom. The van der Waals surface area contributed by atoms with E-state index in [1.807, 2.05) is 18.3 Å². The van der Waals surface area contributed by atoms with Gasteiger partial charge in [0.25, 0.3) is 0 Å². The lowest BCUT2D eigenvalue weighted by molar-refractivity contribution is 0.122. The summed E-state index contributed by atoms with van der Waals surface area (Å²) in [4.78, 5) is 11.5. The molecule has 3 heterocycles. The Morgan fingerprint density at radius 2 is 1.95 bits per heavy atom. The normalized spacial score (nSPS) is 16.3. The number of fused-ring (bicyclic) bond motifs is 3. The molecule has 5 heteroatoms. The molecule has 0 atom stereocenters. The Bertz CT molecular complexity index is 734. The summed E-state index contributed by atoms with van der Waals surface area (Å²) >= 11 is 1.75. The van der Waals surface area contributed by atoms with Gasteiger partial charge >= 0.3 is 0 Å². The Kier molecular flexibility index (Phi) is 2.60. The lowest BCUT2D eigenvalue weighted by atomic mass is 10.2. The summed E-state index contributed by atoms with van der Waals surface area (Å²) in [7, 11) is 0. The van der Waals surface area contributed by atoms with E-state index in [-0.39, 0.29) is 0 Å². The fourth-order valence-corrected chi connectivity index (χ4v) is 3.52. The fraction of sp³-hybridized carbons (Fsp3) is 0.286. The topological polar surface area (TPSA) is 38.2 Å². The van der Waals surface area contributed by atoms with E-state index in [0.717, 1.165) is 42.5 Å². The van der Waals surface area contributed by atoms with Crippen molar-refractivity contribution in [2.45, 2.75) is 0 Å². The second kappa shape index (κ2) is 4.43. The van der Waals surface area contributed by atoms with Gasteiger partial charge < -0.3 is 9.64 Å². The van der Waals surface area contributed by atoms with Gasteiger partial charge in [0.15, 0.2) is 5.13 Å². The van der Waals surface area contributed by atoms with Crippen LogP contribution in [-0.2, 0) is 4.74 Å². The SMILES string of the molecule is c1ccc2c(c1)ncc1nc(N3CCOCC3)sc12. The van der Waals surface area contributed by atoms with Crippen LogP contribution in [0.25, 0.3) is 21.1 Å². The maximum absolute atomic E-state index is 5.39. The highest BCUT2D eigenvalue weighted by Gasteiger charge is 2.16. The predicted molar refractivity (Wildman–Crippen MR) is 78.0 cm³/mol. The molecule has 1 fully saturated rings. The maximum atomic E-state index is 5.39. The molecule has 1 aliphatic heterocycles. The van der Waals surface area contributed by atoms with Crippen LogP contribution in [0.5, 0.6) is 0 Å². The molecule has 0 aliphatic carbocycles. The van der Waals surface area contributed by atoms with Crippen molar-refractivity contribution in [1.82, 2.24) is 9.97 Å². The van der Waals surface area contributed by atoms with Gasteiger partial charge in [0, 0.05) is 18.5 Å². The maximum Gasteiger partial charge on any atom is 0.186 e. The molecule has 1 saturated heterocycles. The van der Waals surface area contributed by atoms with Crippen molar-refractivity contribution in [3.05, 3.63) is 30.5 Å². The molecule has 0 amide bonds. The third-order valence-electron chi connectivity index (χ3n) is 3.40. The summed E-state index contributed by atoms with van der Waals surface area (Å²) in [6.45, 7) is 3.42. The first-order valence-corrected chi connectivity index (χ1v) is 7.20. The summed E-state index contributed by atoms with van der Waals surface area (Å²) in [5.74, 6) is 0. The fourth-order valence-electron chi connectivity index (χ4n) is 2.40. The first-order chi connectivity index (χ1) is 9.42. The molecular formula is C14H13N3OS. The number of nitrogens with zero attached hydrogens (tertiary/aromatic N) is 3. The molecule has 4 rings (SSSR count). The zero-order valence-electron chi connectivity index (χ0n) is 10.4. The molecule has 0 bridgehead atoms. The third-order valence-corrected chi connectivity index (χ3v) is 4.56. The number of rotatable bonds is 1. The van der Waals surface area contributed by atoms with Gasteiger partial charge in [-0.15, -0.1) is 0 Å². The van der Waals surface area contributed by atoms with Gasteiger partial charge in [0.1, 0.15) is 5.52 Å². The highest BCUT2D eigenvalue weighted by molar-refractivity contribution is 7.23. The van der Waals surface area contributed by atoms with Gasteiger partial charge in [0.2, 0.25) is 0 Å². The number of pyridine rings is 1. The van der Waals surface area contributed by atoms with Crippen LogP contribution in [-0.4, -0.2) is 36.3 Å². The van der Waals surface area contributed by atoms with E-state index in [2.05, 4.69) is 22.0 Å². The molecule has 1 aliphatic rings. The molecule has 96 valence electrons. The van der Waals surface area contributed by atoms with Crippen molar-refractivity contribution in [2.24, 2.45) is 0 Å². The van der Waals surface area contributed by atoms with Gasteiger partial charge in [-0.2, -0.15) is 0 Å². The van der Waals surface area contributed by atoms with Crippen LogP contribution >= 0.6 is 11.3 Å². The van der Waals surface area contributed by atoms with E-state index in [1.54, 1.807) is 11.3 Å². The van der Waals surface area contributed by atoms with E-state index in [9.17, 15) is 0 Å². The summed E-state index contributed by atoms with van der Waals surface area (Å²) in [6.07, 6.45) is 1.87. The summed E-state index contributed by atoms with van der Waals surface area (Å²) < 4.78 is 6.62. The van der Waals surface area contributed by atoms with Crippen LogP contribution in [0.1, 0.15) is 0 Å². The minimum atomic E-state index is 0.787. The summed E-state index contributed by atoms with van der Waals surface area (Å²) in [6, 6.07) is 8.23. The zero-order chi connectivity index (χ0) is 12.7. The number of ether oxygens (including phenoxy) is 1. The largest absolute Gasteiger partial charge is 0.378 e. The molecule has 0 N–H and O–H groups in total. The Balaban J connectivity index is 1.88. The molecule has 4 nitrogen and oxygen atoms in total. The van der Waals surface area contributed by atoms with Crippen LogP contribution in [0.4, 0.5) is 5.13 Å². The molecule has 0 spiro atoms. The van der Waals surface area contributed by atoms with Crippen molar-refractivity contribution in [1.29, 1.82) is 0 Å². The molecule has 0 radical (unpaired) electrons. The first kappa shape index (κ1) is 11.1. The Labute approximate surface area is 114 Å². The standard InChI is InChI=1S/C14H13N3OS/c1-2-4-11-10(3-1)13-12(9-15-11)16-14(19-13)17-5-7-18-8-6-17/h1-4,9H,5-8H2. The number of thiazole rings is 1. The van der Waals surface area contributed by atoms with Gasteiger partial charge in [-0.05, 0) is 6.07 Å². The number of morpholine rings is 1. The molecule has 1 aromatic carbocycles. The summed E-state index contributed by atoms with van der Waals surface area (Å²) in [5.41, 5.74) is 2.03. The van der Waals surface area contributed by atoms with E-state index in [4.69, 9.17) is 9.72 Å². The smallest absolute Gasteiger partial charge is 0.186 e. The van der Waals surface area contributed by atoms with Crippen molar-refractivity contribution < 1.29 is 4.74 Å².